The van der Waals surface area contributed by atoms with E-state index in [-0.39, 0.29) is 5.91 Å². The predicted octanol–water partition coefficient (Wildman–Crippen LogP) is 3.60. The average molecular weight is 350 g/mol. The van der Waals surface area contributed by atoms with E-state index in [2.05, 4.69) is 5.32 Å². The number of nitrogens with one attached hydrogen (secondary N) is 1. The van der Waals surface area contributed by atoms with Crippen molar-refractivity contribution in [2.45, 2.75) is 6.92 Å². The van der Waals surface area contributed by atoms with Crippen molar-refractivity contribution in [3.05, 3.63) is 59.7 Å². The fraction of sp³-hybridized carbons (Fsp3) is 0.238. The minimum atomic E-state index is -0.135. The Morgan fingerprint density at radius 3 is 2.73 bits per heavy atom. The van der Waals surface area contributed by atoms with Gasteiger partial charge in [-0.3, -0.25) is 4.79 Å². The lowest BCUT2D eigenvalue weighted by Gasteiger charge is -2.12. The molecule has 1 aromatic heterocycles. The van der Waals surface area contributed by atoms with E-state index in [1.165, 1.54) is 0 Å². The first kappa shape index (κ1) is 17.9. The van der Waals surface area contributed by atoms with Crippen LogP contribution in [0.4, 0.5) is 0 Å². The van der Waals surface area contributed by atoms with Gasteiger partial charge in [0.2, 0.25) is 0 Å². The summed E-state index contributed by atoms with van der Waals surface area (Å²) in [6.07, 6.45) is 0. The SMILES string of the molecule is COCCNC(=O)c1cc(-c2cccc(OC)c2)nc2ccc(C)cc12. The maximum Gasteiger partial charge on any atom is 0.252 e. The van der Waals surface area contributed by atoms with Gasteiger partial charge in [0.05, 0.1) is 30.5 Å². The van der Waals surface area contributed by atoms with Crippen LogP contribution in [0.25, 0.3) is 22.2 Å². The number of aryl methyl sites for hydroxylation is 1. The van der Waals surface area contributed by atoms with E-state index in [9.17, 15) is 4.79 Å². The molecule has 0 aliphatic carbocycles. The topological polar surface area (TPSA) is 60.5 Å². The van der Waals surface area contributed by atoms with Gasteiger partial charge in [0.15, 0.2) is 0 Å². The highest BCUT2D eigenvalue weighted by molar-refractivity contribution is 6.07. The zero-order valence-electron chi connectivity index (χ0n) is 15.2. The zero-order chi connectivity index (χ0) is 18.5. The molecule has 0 saturated heterocycles. The Labute approximate surface area is 153 Å². The molecule has 0 aliphatic rings. The minimum absolute atomic E-state index is 0.135. The van der Waals surface area contributed by atoms with Gasteiger partial charge in [-0.25, -0.2) is 4.98 Å². The highest BCUT2D eigenvalue weighted by atomic mass is 16.5. The van der Waals surface area contributed by atoms with Crippen LogP contribution < -0.4 is 10.1 Å². The van der Waals surface area contributed by atoms with Gasteiger partial charge < -0.3 is 14.8 Å². The van der Waals surface area contributed by atoms with Crippen LogP contribution in [0.15, 0.2) is 48.5 Å². The zero-order valence-corrected chi connectivity index (χ0v) is 15.2. The van der Waals surface area contributed by atoms with Gasteiger partial charge in [0.1, 0.15) is 5.75 Å². The lowest BCUT2D eigenvalue weighted by atomic mass is 10.0. The number of nitrogens with zero attached hydrogens (tertiary/aromatic N) is 1. The van der Waals surface area contributed by atoms with E-state index in [1.807, 2.05) is 55.5 Å². The maximum absolute atomic E-state index is 12.7. The molecule has 1 N–H and O–H groups in total. The molecule has 3 rings (SSSR count). The quantitative estimate of drug-likeness (QED) is 0.690. The molecule has 0 fully saturated rings. The lowest BCUT2D eigenvalue weighted by Crippen LogP contribution is -2.27. The average Bonchev–Trinajstić information content (AvgIpc) is 2.67. The maximum atomic E-state index is 12.7. The van der Waals surface area contributed by atoms with Crippen molar-refractivity contribution in [3.63, 3.8) is 0 Å². The van der Waals surface area contributed by atoms with Gasteiger partial charge in [0, 0.05) is 24.6 Å². The van der Waals surface area contributed by atoms with Crippen LogP contribution in [-0.2, 0) is 4.74 Å². The molecule has 3 aromatic rings. The third-order valence-corrected chi connectivity index (χ3v) is 4.17. The number of carbonyl (C=O) groups is 1. The van der Waals surface area contributed by atoms with E-state index >= 15 is 0 Å². The van der Waals surface area contributed by atoms with Crippen molar-refractivity contribution >= 4 is 16.8 Å². The summed E-state index contributed by atoms with van der Waals surface area (Å²) < 4.78 is 10.3. The van der Waals surface area contributed by atoms with Crippen LogP contribution in [0, 0.1) is 6.92 Å². The van der Waals surface area contributed by atoms with Crippen molar-refractivity contribution in [2.24, 2.45) is 0 Å². The summed E-state index contributed by atoms with van der Waals surface area (Å²) in [6, 6.07) is 15.4. The summed E-state index contributed by atoms with van der Waals surface area (Å²) in [5.74, 6) is 0.614. The second-order valence-electron chi connectivity index (χ2n) is 6.06. The van der Waals surface area contributed by atoms with Gasteiger partial charge in [-0.2, -0.15) is 0 Å². The van der Waals surface area contributed by atoms with Crippen molar-refractivity contribution in [2.75, 3.05) is 27.4 Å². The van der Waals surface area contributed by atoms with E-state index in [1.54, 1.807) is 14.2 Å². The number of carbonyl (C=O) groups excluding carboxylic acids is 1. The fourth-order valence-corrected chi connectivity index (χ4v) is 2.82. The third kappa shape index (κ3) is 3.83. The summed E-state index contributed by atoms with van der Waals surface area (Å²) in [5.41, 5.74) is 4.11. The van der Waals surface area contributed by atoms with Crippen molar-refractivity contribution in [1.82, 2.24) is 10.3 Å². The molecule has 1 amide bonds. The smallest absolute Gasteiger partial charge is 0.252 e. The fourth-order valence-electron chi connectivity index (χ4n) is 2.82. The van der Waals surface area contributed by atoms with Crippen LogP contribution in [0.3, 0.4) is 0 Å². The van der Waals surface area contributed by atoms with Gasteiger partial charge >= 0.3 is 0 Å². The van der Waals surface area contributed by atoms with Gasteiger partial charge in [0.25, 0.3) is 5.91 Å². The Balaban J connectivity index is 2.10. The number of hydrogen-bond acceptors (Lipinski definition) is 4. The second kappa shape index (κ2) is 7.97. The predicted molar refractivity (Wildman–Crippen MR) is 103 cm³/mol. The molecule has 0 saturated carbocycles. The van der Waals surface area contributed by atoms with Crippen LogP contribution >= 0.6 is 0 Å². The lowest BCUT2D eigenvalue weighted by molar-refractivity contribution is 0.0938. The number of fused-ring (bicyclic) bond motifs is 1. The van der Waals surface area contributed by atoms with E-state index < -0.39 is 0 Å². The van der Waals surface area contributed by atoms with Gasteiger partial charge in [-0.1, -0.05) is 23.8 Å². The molecule has 0 aliphatic heterocycles. The number of aromatic nitrogens is 1. The first-order valence-corrected chi connectivity index (χ1v) is 8.45. The van der Waals surface area contributed by atoms with Crippen LogP contribution in [0.2, 0.25) is 0 Å². The molecule has 5 nitrogen and oxygen atoms in total. The molecule has 1 heterocycles. The minimum Gasteiger partial charge on any atom is -0.497 e. The summed E-state index contributed by atoms with van der Waals surface area (Å²) >= 11 is 0. The van der Waals surface area contributed by atoms with E-state index in [0.717, 1.165) is 33.5 Å². The Morgan fingerprint density at radius 1 is 1.12 bits per heavy atom. The molecule has 2 aromatic carbocycles. The number of pyridine rings is 1. The Kier molecular flexibility index (Phi) is 5.49. The summed E-state index contributed by atoms with van der Waals surface area (Å²) in [4.78, 5) is 17.5. The Bertz CT molecular complexity index is 938. The van der Waals surface area contributed by atoms with Gasteiger partial charge in [-0.15, -0.1) is 0 Å². The Hall–Kier alpha value is -2.92. The molecule has 26 heavy (non-hydrogen) atoms. The molecular formula is C21H22N2O3. The second-order valence-corrected chi connectivity index (χ2v) is 6.06. The third-order valence-electron chi connectivity index (χ3n) is 4.17. The highest BCUT2D eigenvalue weighted by Crippen LogP contribution is 2.27. The monoisotopic (exact) mass is 350 g/mol. The number of methoxy groups -OCH3 is 2. The summed E-state index contributed by atoms with van der Waals surface area (Å²) in [6.45, 7) is 2.93. The molecule has 0 radical (unpaired) electrons. The number of ether oxygens (including phenoxy) is 2. The number of benzene rings is 2. The summed E-state index contributed by atoms with van der Waals surface area (Å²) in [5, 5.41) is 3.74. The van der Waals surface area contributed by atoms with Crippen molar-refractivity contribution in [3.8, 4) is 17.0 Å². The molecular weight excluding hydrogens is 328 g/mol. The van der Waals surface area contributed by atoms with Gasteiger partial charge in [-0.05, 0) is 37.3 Å². The Morgan fingerprint density at radius 2 is 1.96 bits per heavy atom. The van der Waals surface area contributed by atoms with Crippen LogP contribution in [-0.4, -0.2) is 38.3 Å². The summed E-state index contributed by atoms with van der Waals surface area (Å²) in [7, 11) is 3.24. The molecule has 0 bridgehead atoms. The van der Waals surface area contributed by atoms with Crippen LogP contribution in [0.5, 0.6) is 5.75 Å². The molecule has 5 heteroatoms. The number of hydrogen-bond donors (Lipinski definition) is 1. The molecule has 0 atom stereocenters. The van der Waals surface area contributed by atoms with Crippen molar-refractivity contribution in [1.29, 1.82) is 0 Å². The molecule has 134 valence electrons. The molecule has 0 spiro atoms. The molecule has 0 unspecified atom stereocenters. The van der Waals surface area contributed by atoms with Crippen LogP contribution in [0.1, 0.15) is 15.9 Å². The number of rotatable bonds is 6. The van der Waals surface area contributed by atoms with Crippen molar-refractivity contribution < 1.29 is 14.3 Å². The highest BCUT2D eigenvalue weighted by Gasteiger charge is 2.14. The first-order valence-electron chi connectivity index (χ1n) is 8.45. The largest absolute Gasteiger partial charge is 0.497 e. The number of amides is 1. The van der Waals surface area contributed by atoms with E-state index in [0.29, 0.717) is 18.7 Å². The standard InChI is InChI=1S/C21H22N2O3/c1-14-7-8-19-17(11-14)18(21(24)22-9-10-25-2)13-20(23-19)15-5-4-6-16(12-15)26-3/h4-8,11-13H,9-10H2,1-3H3,(H,22,24). The van der Waals surface area contributed by atoms with E-state index in [4.69, 9.17) is 14.5 Å². The normalized spacial score (nSPS) is 10.7. The first-order chi connectivity index (χ1) is 12.6.